The Morgan fingerprint density at radius 3 is 2.27 bits per heavy atom. The third-order valence-electron chi connectivity index (χ3n) is 5.78. The Hall–Kier alpha value is -3.42. The average Bonchev–Trinajstić information content (AvgIpc) is 2.85. The summed E-state index contributed by atoms with van der Waals surface area (Å²) in [5.41, 5.74) is 0.652. The van der Waals surface area contributed by atoms with Crippen molar-refractivity contribution in [2.75, 3.05) is 27.9 Å². The molecule has 1 aliphatic rings. The Bertz CT molecular complexity index is 1100. The van der Waals surface area contributed by atoms with Crippen molar-refractivity contribution in [1.29, 1.82) is 0 Å². The molecule has 2 N–H and O–H groups in total. The lowest BCUT2D eigenvalue weighted by Gasteiger charge is -2.38. The van der Waals surface area contributed by atoms with Gasteiger partial charge in [0.05, 0.1) is 21.3 Å². The molecule has 7 nitrogen and oxygen atoms in total. The monoisotopic (exact) mass is 452 g/mol. The molecule has 0 aromatic heterocycles. The Balaban J connectivity index is 1.61. The van der Waals surface area contributed by atoms with Crippen LogP contribution in [0.4, 0.5) is 0 Å². The molecule has 7 heteroatoms. The van der Waals surface area contributed by atoms with Gasteiger partial charge in [-0.05, 0) is 35.4 Å². The van der Waals surface area contributed by atoms with Crippen LogP contribution in [0.1, 0.15) is 22.8 Å². The number of benzene rings is 3. The summed E-state index contributed by atoms with van der Waals surface area (Å²) in [6.07, 6.45) is -1.04. The Morgan fingerprint density at radius 1 is 0.879 bits per heavy atom. The van der Waals surface area contributed by atoms with E-state index in [0.29, 0.717) is 40.9 Å². The van der Waals surface area contributed by atoms with Crippen LogP contribution in [-0.2, 0) is 13.0 Å². The smallest absolute Gasteiger partial charge is 0.204 e. The summed E-state index contributed by atoms with van der Waals surface area (Å²) in [4.78, 5) is 0. The Morgan fingerprint density at radius 2 is 1.58 bits per heavy atom. The van der Waals surface area contributed by atoms with Gasteiger partial charge in [0.1, 0.15) is 24.9 Å². The summed E-state index contributed by atoms with van der Waals surface area (Å²) in [5.74, 6) is 2.39. The van der Waals surface area contributed by atoms with Crippen LogP contribution in [0.25, 0.3) is 0 Å². The molecule has 0 spiro atoms. The minimum atomic E-state index is -1.54. The predicted molar refractivity (Wildman–Crippen MR) is 122 cm³/mol. The molecular formula is C26H28O7. The topological polar surface area (TPSA) is 86.6 Å². The van der Waals surface area contributed by atoms with Crippen molar-refractivity contribution in [2.24, 2.45) is 0 Å². The molecule has 0 saturated carbocycles. The molecule has 2 atom stereocenters. The van der Waals surface area contributed by atoms with Gasteiger partial charge in [-0.3, -0.25) is 0 Å². The van der Waals surface area contributed by atoms with Crippen LogP contribution in [0.2, 0.25) is 0 Å². The summed E-state index contributed by atoms with van der Waals surface area (Å²) < 4.78 is 28.1. The SMILES string of the molecule is COc1ccc(CC2(O)COc3c(ccc(OC)c3OCc3ccccc3)C2O)cc1OC. The lowest BCUT2D eigenvalue weighted by molar-refractivity contribution is -0.115. The number of hydrogen-bond donors (Lipinski definition) is 2. The van der Waals surface area contributed by atoms with E-state index in [0.717, 1.165) is 11.1 Å². The third-order valence-corrected chi connectivity index (χ3v) is 5.78. The van der Waals surface area contributed by atoms with Gasteiger partial charge in [-0.15, -0.1) is 0 Å². The van der Waals surface area contributed by atoms with E-state index < -0.39 is 11.7 Å². The number of fused-ring (bicyclic) bond motifs is 1. The fraction of sp³-hybridized carbons (Fsp3) is 0.308. The average molecular weight is 453 g/mol. The van der Waals surface area contributed by atoms with Crippen LogP contribution in [0.15, 0.2) is 60.7 Å². The maximum atomic E-state index is 11.3. The minimum Gasteiger partial charge on any atom is -0.493 e. The van der Waals surface area contributed by atoms with Crippen molar-refractivity contribution in [3.8, 4) is 28.7 Å². The van der Waals surface area contributed by atoms with Crippen molar-refractivity contribution >= 4 is 0 Å². The van der Waals surface area contributed by atoms with Crippen molar-refractivity contribution in [3.05, 3.63) is 77.4 Å². The Labute approximate surface area is 193 Å². The van der Waals surface area contributed by atoms with Crippen molar-refractivity contribution in [3.63, 3.8) is 0 Å². The van der Waals surface area contributed by atoms with Crippen LogP contribution >= 0.6 is 0 Å². The van der Waals surface area contributed by atoms with Crippen LogP contribution < -0.4 is 23.7 Å². The maximum absolute atomic E-state index is 11.3. The van der Waals surface area contributed by atoms with Gasteiger partial charge in [-0.25, -0.2) is 0 Å². The van der Waals surface area contributed by atoms with Gasteiger partial charge in [0, 0.05) is 12.0 Å². The highest BCUT2D eigenvalue weighted by Gasteiger charge is 2.44. The zero-order chi connectivity index (χ0) is 23.4. The van der Waals surface area contributed by atoms with E-state index in [4.69, 9.17) is 23.7 Å². The molecule has 0 aliphatic carbocycles. The number of aliphatic hydroxyl groups excluding tert-OH is 1. The van der Waals surface area contributed by atoms with Crippen LogP contribution in [-0.4, -0.2) is 43.8 Å². The van der Waals surface area contributed by atoms with E-state index in [1.807, 2.05) is 36.4 Å². The Kier molecular flexibility index (Phi) is 6.62. The lowest BCUT2D eigenvalue weighted by atomic mass is 9.83. The number of aliphatic hydroxyl groups is 2. The van der Waals surface area contributed by atoms with E-state index >= 15 is 0 Å². The van der Waals surface area contributed by atoms with Gasteiger partial charge in [0.25, 0.3) is 0 Å². The zero-order valence-electron chi connectivity index (χ0n) is 18.9. The second kappa shape index (κ2) is 9.60. The molecule has 0 bridgehead atoms. The van der Waals surface area contributed by atoms with E-state index in [2.05, 4.69) is 0 Å². The van der Waals surface area contributed by atoms with Gasteiger partial charge in [0.2, 0.25) is 5.75 Å². The molecular weight excluding hydrogens is 424 g/mol. The van der Waals surface area contributed by atoms with Crippen LogP contribution in [0.5, 0.6) is 28.7 Å². The van der Waals surface area contributed by atoms with Gasteiger partial charge in [-0.2, -0.15) is 0 Å². The fourth-order valence-corrected chi connectivity index (χ4v) is 4.01. The molecule has 0 fully saturated rings. The van der Waals surface area contributed by atoms with Gasteiger partial charge < -0.3 is 33.9 Å². The number of methoxy groups -OCH3 is 3. The highest BCUT2D eigenvalue weighted by molar-refractivity contribution is 5.58. The molecule has 174 valence electrons. The van der Waals surface area contributed by atoms with Gasteiger partial charge >= 0.3 is 0 Å². The highest BCUT2D eigenvalue weighted by Crippen LogP contribution is 2.48. The molecule has 3 aromatic rings. The first-order valence-corrected chi connectivity index (χ1v) is 10.6. The molecule has 0 amide bonds. The first-order chi connectivity index (χ1) is 16.0. The first kappa shape index (κ1) is 22.8. The number of hydrogen-bond acceptors (Lipinski definition) is 7. The van der Waals surface area contributed by atoms with E-state index in [9.17, 15) is 10.2 Å². The van der Waals surface area contributed by atoms with Crippen LogP contribution in [0, 0.1) is 0 Å². The molecule has 3 aromatic carbocycles. The molecule has 2 unspecified atom stereocenters. The van der Waals surface area contributed by atoms with Gasteiger partial charge in [-0.1, -0.05) is 36.4 Å². The predicted octanol–water partition coefficient (Wildman–Crippen LogP) is 3.69. The molecule has 33 heavy (non-hydrogen) atoms. The molecule has 0 radical (unpaired) electrons. The molecule has 4 rings (SSSR count). The second-order valence-corrected chi connectivity index (χ2v) is 7.95. The summed E-state index contributed by atoms with van der Waals surface area (Å²) in [7, 11) is 4.66. The maximum Gasteiger partial charge on any atom is 0.204 e. The summed E-state index contributed by atoms with van der Waals surface area (Å²) in [6.45, 7) is 0.188. The largest absolute Gasteiger partial charge is 0.493 e. The van der Waals surface area contributed by atoms with E-state index in [-0.39, 0.29) is 13.0 Å². The normalized spacial score (nSPS) is 19.2. The summed E-state index contributed by atoms with van der Waals surface area (Å²) in [5, 5.41) is 22.5. The highest BCUT2D eigenvalue weighted by atomic mass is 16.5. The standard InChI is InChI=1S/C26H28O7/c1-29-20-11-9-18(13-22(20)31-3)14-26(28)16-33-23-19(25(26)27)10-12-21(30-2)24(23)32-15-17-7-5-4-6-8-17/h4-13,25,27-28H,14-16H2,1-3H3. The summed E-state index contributed by atoms with van der Waals surface area (Å²) >= 11 is 0. The van der Waals surface area contributed by atoms with Crippen LogP contribution in [0.3, 0.4) is 0 Å². The molecule has 0 saturated heterocycles. The fourth-order valence-electron chi connectivity index (χ4n) is 4.01. The molecule has 1 aliphatic heterocycles. The quantitative estimate of drug-likeness (QED) is 0.539. The lowest BCUT2D eigenvalue weighted by Crippen LogP contribution is -2.47. The minimum absolute atomic E-state index is 0.121. The van der Waals surface area contributed by atoms with Crippen molar-refractivity contribution in [2.45, 2.75) is 24.7 Å². The first-order valence-electron chi connectivity index (χ1n) is 10.6. The zero-order valence-corrected chi connectivity index (χ0v) is 18.9. The van der Waals surface area contributed by atoms with Crippen molar-refractivity contribution in [1.82, 2.24) is 0 Å². The van der Waals surface area contributed by atoms with Gasteiger partial charge in [0.15, 0.2) is 23.0 Å². The second-order valence-electron chi connectivity index (χ2n) is 7.95. The van der Waals surface area contributed by atoms with Crippen molar-refractivity contribution < 1.29 is 33.9 Å². The third kappa shape index (κ3) is 4.55. The number of ether oxygens (including phenoxy) is 5. The van der Waals surface area contributed by atoms with E-state index in [1.165, 1.54) is 0 Å². The number of rotatable bonds is 8. The summed E-state index contributed by atoms with van der Waals surface area (Å²) in [6, 6.07) is 18.5. The molecule has 1 heterocycles. The van der Waals surface area contributed by atoms with E-state index in [1.54, 1.807) is 45.6 Å².